The van der Waals surface area contributed by atoms with Crippen LogP contribution >= 0.6 is 23.1 Å². The van der Waals surface area contributed by atoms with Gasteiger partial charge in [0, 0.05) is 49.3 Å². The van der Waals surface area contributed by atoms with Crippen LogP contribution in [0, 0.1) is 45.3 Å². The van der Waals surface area contributed by atoms with Gasteiger partial charge in [0.05, 0.1) is 28.8 Å². The van der Waals surface area contributed by atoms with Gasteiger partial charge in [-0.2, -0.15) is 29.8 Å². The van der Waals surface area contributed by atoms with E-state index in [-0.39, 0.29) is 16.6 Å². The van der Waals surface area contributed by atoms with Crippen molar-refractivity contribution in [2.24, 2.45) is 0 Å². The van der Waals surface area contributed by atoms with Gasteiger partial charge in [-0.25, -0.2) is 0 Å². The highest BCUT2D eigenvalue weighted by molar-refractivity contribution is 7.19. The maximum atomic E-state index is 9.90. The summed E-state index contributed by atoms with van der Waals surface area (Å²) in [7, 11) is 0. The molecule has 9 rings (SSSR count). The molecule has 0 atom stereocenters. The highest BCUT2D eigenvalue weighted by Crippen LogP contribution is 2.53. The van der Waals surface area contributed by atoms with Crippen LogP contribution in [0.3, 0.4) is 0 Å². The van der Waals surface area contributed by atoms with E-state index in [2.05, 4.69) is 107 Å². The molecular formula is C47H28N8S2. The Balaban J connectivity index is 1.09. The molecule has 7 aromatic rings. The van der Waals surface area contributed by atoms with Gasteiger partial charge in [-0.05, 0) is 82.4 Å². The first-order valence-corrected chi connectivity index (χ1v) is 19.5. The number of aromatic nitrogens is 2. The highest BCUT2D eigenvalue weighted by Gasteiger charge is 2.37. The number of nitriles is 4. The largest absolute Gasteiger partial charge is 0.359 e. The SMILES string of the molecule is CC1(C)c2ccccc2N(c2ccccc2)c2ccc(-c3ccc(-c4ccc(NC=C5C(=C(C#N)C#N)c6ccccc6C5=C(C#N)C#N)c5nsnc45)s3)cc21. The molecule has 0 fully saturated rings. The van der Waals surface area contributed by atoms with Crippen LogP contribution in [0.5, 0.6) is 0 Å². The van der Waals surface area contributed by atoms with Crippen molar-refractivity contribution in [3.8, 4) is 45.2 Å². The summed E-state index contributed by atoms with van der Waals surface area (Å²) in [4.78, 5) is 4.53. The predicted octanol–water partition coefficient (Wildman–Crippen LogP) is 11.8. The number of nitrogens with zero attached hydrogens (tertiary/aromatic N) is 7. The first-order chi connectivity index (χ1) is 27.9. The Morgan fingerprint density at radius 3 is 1.95 bits per heavy atom. The molecule has 0 amide bonds. The third-order valence-electron chi connectivity index (χ3n) is 10.6. The van der Waals surface area contributed by atoms with Crippen molar-refractivity contribution in [3.05, 3.63) is 167 Å². The molecule has 3 heterocycles. The van der Waals surface area contributed by atoms with Crippen LogP contribution in [0.1, 0.15) is 36.1 Å². The molecule has 1 aliphatic carbocycles. The molecule has 2 aromatic heterocycles. The molecule has 57 heavy (non-hydrogen) atoms. The lowest BCUT2D eigenvalue weighted by molar-refractivity contribution is 0.632. The summed E-state index contributed by atoms with van der Waals surface area (Å²) in [6.45, 7) is 4.59. The van der Waals surface area contributed by atoms with Gasteiger partial charge in [0.2, 0.25) is 0 Å². The van der Waals surface area contributed by atoms with Gasteiger partial charge in [0.15, 0.2) is 0 Å². The van der Waals surface area contributed by atoms with Crippen molar-refractivity contribution < 1.29 is 0 Å². The summed E-state index contributed by atoms with van der Waals surface area (Å²) in [6.07, 6.45) is 1.64. The number of thiophene rings is 1. The van der Waals surface area contributed by atoms with E-state index in [1.54, 1.807) is 41.8 Å². The quantitative estimate of drug-likeness (QED) is 0.171. The molecule has 0 radical (unpaired) electrons. The Kier molecular flexibility index (Phi) is 8.57. The molecule has 0 spiro atoms. The molecule has 268 valence electrons. The summed E-state index contributed by atoms with van der Waals surface area (Å²) in [5.74, 6) is 0. The number of hydrogen-bond donors (Lipinski definition) is 1. The molecule has 0 bridgehead atoms. The lowest BCUT2D eigenvalue weighted by atomic mass is 9.73. The van der Waals surface area contributed by atoms with Crippen LogP contribution in [0.2, 0.25) is 0 Å². The number of nitrogens with one attached hydrogen (secondary N) is 1. The molecule has 0 saturated carbocycles. The summed E-state index contributed by atoms with van der Waals surface area (Å²) in [5, 5.41) is 42.9. The zero-order valence-electron chi connectivity index (χ0n) is 30.6. The Hall–Kier alpha value is -7.60. The molecule has 0 saturated heterocycles. The van der Waals surface area contributed by atoms with Crippen molar-refractivity contribution >= 4 is 68.0 Å². The van der Waals surface area contributed by atoms with Crippen LogP contribution in [0.15, 0.2) is 144 Å². The fraction of sp³-hybridized carbons (Fsp3) is 0.0638. The van der Waals surface area contributed by atoms with Gasteiger partial charge in [-0.15, -0.1) is 11.3 Å². The molecule has 1 N–H and O–H groups in total. The number of para-hydroxylation sites is 2. The van der Waals surface area contributed by atoms with E-state index < -0.39 is 0 Å². The average molecular weight is 769 g/mol. The van der Waals surface area contributed by atoms with E-state index in [0.717, 1.165) is 43.8 Å². The second-order valence-electron chi connectivity index (χ2n) is 14.0. The van der Waals surface area contributed by atoms with E-state index in [1.165, 1.54) is 22.5 Å². The minimum absolute atomic E-state index is 0.120. The van der Waals surface area contributed by atoms with E-state index in [9.17, 15) is 21.0 Å². The zero-order valence-corrected chi connectivity index (χ0v) is 32.2. The van der Waals surface area contributed by atoms with Crippen LogP contribution in [-0.2, 0) is 5.41 Å². The van der Waals surface area contributed by atoms with Gasteiger partial charge in [0.1, 0.15) is 46.5 Å². The van der Waals surface area contributed by atoms with Crippen molar-refractivity contribution in [1.82, 2.24) is 8.75 Å². The highest BCUT2D eigenvalue weighted by atomic mass is 32.1. The van der Waals surface area contributed by atoms with Gasteiger partial charge >= 0.3 is 0 Å². The predicted molar refractivity (Wildman–Crippen MR) is 227 cm³/mol. The summed E-state index contributed by atoms with van der Waals surface area (Å²) in [6, 6.07) is 49.3. The fourth-order valence-corrected chi connectivity index (χ4v) is 9.57. The number of benzene rings is 5. The normalized spacial score (nSPS) is 13.4. The third-order valence-corrected chi connectivity index (χ3v) is 12.3. The second-order valence-corrected chi connectivity index (χ2v) is 15.6. The van der Waals surface area contributed by atoms with Crippen molar-refractivity contribution in [1.29, 1.82) is 21.0 Å². The smallest absolute Gasteiger partial charge is 0.138 e. The molecule has 5 aromatic carbocycles. The van der Waals surface area contributed by atoms with Crippen molar-refractivity contribution in [2.45, 2.75) is 19.3 Å². The van der Waals surface area contributed by atoms with E-state index in [4.69, 9.17) is 4.37 Å². The summed E-state index contributed by atoms with van der Waals surface area (Å²) < 4.78 is 9.35. The van der Waals surface area contributed by atoms with Crippen LogP contribution < -0.4 is 10.2 Å². The topological polar surface area (TPSA) is 136 Å². The van der Waals surface area contributed by atoms with E-state index >= 15 is 0 Å². The lowest BCUT2D eigenvalue weighted by Crippen LogP contribution is -2.30. The van der Waals surface area contributed by atoms with Gasteiger partial charge < -0.3 is 10.2 Å². The number of anilines is 4. The molecular weight excluding hydrogens is 741 g/mol. The molecule has 10 heteroatoms. The Morgan fingerprint density at radius 1 is 0.632 bits per heavy atom. The standard InChI is InChI=1S/C47H28N8S2/c1-47(2)36-14-8-9-15-39(36)55(31-10-4-3-5-11-31)40-19-16-28(22-37(40)47)41-20-21-42(56-41)34-17-18-38(46-45(34)53-57-54-46)52-27-35-43(29(23-48)24-49)32-12-6-7-13-33(32)44(35)30(25-50)26-51/h3-22,27,52H,1-2H3. The molecule has 2 aliphatic rings. The molecule has 0 unspecified atom stereocenters. The van der Waals surface area contributed by atoms with Crippen molar-refractivity contribution in [3.63, 3.8) is 0 Å². The van der Waals surface area contributed by atoms with Crippen LogP contribution in [0.25, 0.3) is 43.1 Å². The first kappa shape index (κ1) is 35.1. The van der Waals surface area contributed by atoms with Crippen molar-refractivity contribution in [2.75, 3.05) is 10.2 Å². The Morgan fingerprint density at radius 2 is 1.25 bits per heavy atom. The number of fused-ring (bicyclic) bond motifs is 4. The molecule has 1 aliphatic heterocycles. The Bertz CT molecular complexity index is 2980. The van der Waals surface area contributed by atoms with Crippen LogP contribution in [-0.4, -0.2) is 8.75 Å². The van der Waals surface area contributed by atoms with Crippen LogP contribution in [0.4, 0.5) is 22.7 Å². The van der Waals surface area contributed by atoms with Gasteiger partial charge in [-0.1, -0.05) is 80.6 Å². The second kappa shape index (κ2) is 13.9. The van der Waals surface area contributed by atoms with Gasteiger partial charge in [-0.3, -0.25) is 0 Å². The van der Waals surface area contributed by atoms with E-state index in [0.29, 0.717) is 39.1 Å². The molecule has 8 nitrogen and oxygen atoms in total. The zero-order chi connectivity index (χ0) is 39.3. The average Bonchev–Trinajstić information content (AvgIpc) is 4.01. The van der Waals surface area contributed by atoms with Gasteiger partial charge in [0.25, 0.3) is 0 Å². The first-order valence-electron chi connectivity index (χ1n) is 18.0. The summed E-state index contributed by atoms with van der Waals surface area (Å²) >= 11 is 2.81. The third kappa shape index (κ3) is 5.60. The monoisotopic (exact) mass is 768 g/mol. The Labute approximate surface area is 337 Å². The number of hydrogen-bond acceptors (Lipinski definition) is 10. The number of rotatable bonds is 5. The minimum Gasteiger partial charge on any atom is -0.359 e. The fourth-order valence-electron chi connectivity index (χ4n) is 7.97. The lowest BCUT2D eigenvalue weighted by Gasteiger charge is -2.42. The minimum atomic E-state index is -0.228. The maximum Gasteiger partial charge on any atom is 0.138 e. The maximum absolute atomic E-state index is 9.90. The van der Waals surface area contributed by atoms with E-state index in [1.807, 2.05) is 42.5 Å². The number of allylic oxidation sites excluding steroid dienone is 5. The summed E-state index contributed by atoms with van der Waals surface area (Å²) in [5.41, 5.74) is 12.0.